The minimum Gasteiger partial charge on any atom is -0.379 e. The molecule has 0 unspecified atom stereocenters. The van der Waals surface area contributed by atoms with E-state index in [1.54, 1.807) is 42.1 Å². The lowest BCUT2D eigenvalue weighted by Gasteiger charge is -2.26. The van der Waals surface area contributed by atoms with Crippen LogP contribution in [0, 0.1) is 0 Å². The van der Waals surface area contributed by atoms with Crippen LogP contribution < -0.4 is 10.6 Å². The number of nitrogens with one attached hydrogen (secondary N) is 2. The first-order valence-corrected chi connectivity index (χ1v) is 11.7. The molecule has 0 aliphatic carbocycles. The third-order valence-corrected chi connectivity index (χ3v) is 5.74. The van der Waals surface area contributed by atoms with Gasteiger partial charge < -0.3 is 15.4 Å². The van der Waals surface area contributed by atoms with E-state index in [1.165, 1.54) is 0 Å². The van der Waals surface area contributed by atoms with Crippen molar-refractivity contribution in [3.8, 4) is 0 Å². The number of amides is 2. The fourth-order valence-corrected chi connectivity index (χ4v) is 3.64. The topological polar surface area (TPSA) is 70.7 Å². The van der Waals surface area contributed by atoms with E-state index in [1.807, 2.05) is 36.6 Å². The van der Waals surface area contributed by atoms with Gasteiger partial charge in [-0.15, -0.1) is 11.8 Å². The second-order valence-corrected chi connectivity index (χ2v) is 8.09. The molecule has 6 nitrogen and oxygen atoms in total. The van der Waals surface area contributed by atoms with Crippen LogP contribution in [-0.2, 0) is 9.53 Å². The van der Waals surface area contributed by atoms with Crippen molar-refractivity contribution in [1.29, 1.82) is 0 Å². The van der Waals surface area contributed by atoms with Crippen LogP contribution in [0.3, 0.4) is 0 Å². The Labute approximate surface area is 188 Å². The maximum absolute atomic E-state index is 12.9. The molecule has 1 aliphatic heterocycles. The Kier molecular flexibility index (Phi) is 9.15. The van der Waals surface area contributed by atoms with Crippen molar-refractivity contribution in [2.45, 2.75) is 11.3 Å². The molecule has 31 heavy (non-hydrogen) atoms. The summed E-state index contributed by atoms with van der Waals surface area (Å²) in [7, 11) is 0. The van der Waals surface area contributed by atoms with Crippen molar-refractivity contribution >= 4 is 29.7 Å². The largest absolute Gasteiger partial charge is 0.379 e. The number of carbonyl (C=O) groups excluding carboxylic acids is 2. The molecule has 164 valence electrons. The molecular formula is C24H29N3O3S. The van der Waals surface area contributed by atoms with Gasteiger partial charge in [0.05, 0.1) is 13.2 Å². The Bertz CT molecular complexity index is 879. The first-order valence-electron chi connectivity index (χ1n) is 10.5. The molecule has 7 heteroatoms. The Balaban J connectivity index is 1.64. The van der Waals surface area contributed by atoms with E-state index in [4.69, 9.17) is 4.74 Å². The first kappa shape index (κ1) is 23.1. The van der Waals surface area contributed by atoms with E-state index in [9.17, 15) is 9.59 Å². The van der Waals surface area contributed by atoms with Gasteiger partial charge in [0.1, 0.15) is 5.70 Å². The van der Waals surface area contributed by atoms with Crippen LogP contribution in [0.5, 0.6) is 0 Å². The highest BCUT2D eigenvalue weighted by Gasteiger charge is 2.15. The Morgan fingerprint density at radius 2 is 1.77 bits per heavy atom. The van der Waals surface area contributed by atoms with Crippen molar-refractivity contribution in [2.75, 3.05) is 45.6 Å². The summed E-state index contributed by atoms with van der Waals surface area (Å²) in [5.41, 5.74) is 1.59. The molecule has 1 saturated heterocycles. The summed E-state index contributed by atoms with van der Waals surface area (Å²) in [5.74, 6) is -0.601. The fourth-order valence-electron chi connectivity index (χ4n) is 3.23. The molecule has 0 atom stereocenters. The number of ether oxygens (including phenoxy) is 1. The molecule has 2 amide bonds. The highest BCUT2D eigenvalue weighted by atomic mass is 32.2. The van der Waals surface area contributed by atoms with E-state index in [-0.39, 0.29) is 17.5 Å². The van der Waals surface area contributed by atoms with Gasteiger partial charge in [-0.05, 0) is 55.1 Å². The standard InChI is InChI=1S/C24H29N3O3S/c1-31-21-10-8-19(9-11-21)18-22(26-23(28)20-6-3-2-4-7-20)24(29)25-12-5-13-27-14-16-30-17-15-27/h2-4,6-11,18H,5,12-17H2,1H3,(H,25,29)(H,26,28). The van der Waals surface area contributed by atoms with E-state index in [2.05, 4.69) is 15.5 Å². The lowest BCUT2D eigenvalue weighted by molar-refractivity contribution is -0.117. The molecule has 1 aliphatic rings. The van der Waals surface area contributed by atoms with Crippen molar-refractivity contribution in [3.05, 3.63) is 71.4 Å². The second kappa shape index (κ2) is 12.3. The fraction of sp³-hybridized carbons (Fsp3) is 0.333. The molecule has 0 bridgehead atoms. The third kappa shape index (κ3) is 7.54. The number of nitrogens with zero attached hydrogens (tertiary/aromatic N) is 1. The quantitative estimate of drug-likeness (QED) is 0.357. The van der Waals surface area contributed by atoms with Crippen LogP contribution in [0.15, 0.2) is 65.2 Å². The molecule has 0 spiro atoms. The normalized spacial score (nSPS) is 14.8. The van der Waals surface area contributed by atoms with Gasteiger partial charge in [0, 0.05) is 30.1 Å². The zero-order valence-corrected chi connectivity index (χ0v) is 18.6. The Hall–Kier alpha value is -2.61. The smallest absolute Gasteiger partial charge is 0.267 e. The minimum absolute atomic E-state index is 0.233. The predicted molar refractivity (Wildman–Crippen MR) is 125 cm³/mol. The third-order valence-electron chi connectivity index (χ3n) is 5.00. The first-order chi connectivity index (χ1) is 15.2. The van der Waals surface area contributed by atoms with Crippen LogP contribution in [0.25, 0.3) is 6.08 Å². The molecule has 2 N–H and O–H groups in total. The summed E-state index contributed by atoms with van der Waals surface area (Å²) in [6.45, 7) is 4.84. The Morgan fingerprint density at radius 3 is 2.45 bits per heavy atom. The molecule has 3 rings (SSSR count). The van der Waals surface area contributed by atoms with Gasteiger partial charge in [0.15, 0.2) is 0 Å². The molecule has 2 aromatic rings. The van der Waals surface area contributed by atoms with Crippen LogP contribution in [0.4, 0.5) is 0 Å². The number of benzene rings is 2. The number of thioether (sulfide) groups is 1. The van der Waals surface area contributed by atoms with Crippen molar-refractivity contribution < 1.29 is 14.3 Å². The average molecular weight is 440 g/mol. The molecule has 1 fully saturated rings. The molecule has 1 heterocycles. The average Bonchev–Trinajstić information content (AvgIpc) is 2.83. The van der Waals surface area contributed by atoms with Crippen molar-refractivity contribution in [2.24, 2.45) is 0 Å². The van der Waals surface area contributed by atoms with Gasteiger partial charge in [-0.1, -0.05) is 30.3 Å². The SMILES string of the molecule is CSc1ccc(C=C(NC(=O)c2ccccc2)C(=O)NCCCN2CCOCC2)cc1. The van der Waals surface area contributed by atoms with E-state index in [0.29, 0.717) is 12.1 Å². The van der Waals surface area contributed by atoms with Gasteiger partial charge in [0.2, 0.25) is 0 Å². The molecule has 0 aromatic heterocycles. The summed E-state index contributed by atoms with van der Waals surface area (Å²) in [6.07, 6.45) is 4.57. The van der Waals surface area contributed by atoms with Crippen LogP contribution in [0.2, 0.25) is 0 Å². The Morgan fingerprint density at radius 1 is 1.06 bits per heavy atom. The number of morpholine rings is 1. The zero-order valence-electron chi connectivity index (χ0n) is 17.8. The van der Waals surface area contributed by atoms with Gasteiger partial charge in [-0.2, -0.15) is 0 Å². The minimum atomic E-state index is -0.309. The monoisotopic (exact) mass is 439 g/mol. The second-order valence-electron chi connectivity index (χ2n) is 7.21. The van der Waals surface area contributed by atoms with Crippen LogP contribution in [0.1, 0.15) is 22.3 Å². The van der Waals surface area contributed by atoms with Crippen LogP contribution >= 0.6 is 11.8 Å². The summed E-state index contributed by atoms with van der Waals surface area (Å²) >= 11 is 1.65. The zero-order chi connectivity index (χ0) is 21.9. The summed E-state index contributed by atoms with van der Waals surface area (Å²) in [5, 5.41) is 5.72. The van der Waals surface area contributed by atoms with Crippen molar-refractivity contribution in [3.63, 3.8) is 0 Å². The van der Waals surface area contributed by atoms with Gasteiger partial charge in [0.25, 0.3) is 11.8 Å². The summed E-state index contributed by atoms with van der Waals surface area (Å²) in [4.78, 5) is 29.0. The van der Waals surface area contributed by atoms with Crippen LogP contribution in [-0.4, -0.2) is 62.4 Å². The number of hydrogen-bond acceptors (Lipinski definition) is 5. The molecule has 2 aromatic carbocycles. The maximum Gasteiger partial charge on any atom is 0.267 e. The molecule has 0 radical (unpaired) electrons. The van der Waals surface area contributed by atoms with E-state index in [0.717, 1.165) is 49.7 Å². The highest BCUT2D eigenvalue weighted by molar-refractivity contribution is 7.98. The highest BCUT2D eigenvalue weighted by Crippen LogP contribution is 2.16. The predicted octanol–water partition coefficient (Wildman–Crippen LogP) is 3.02. The summed E-state index contributed by atoms with van der Waals surface area (Å²) in [6, 6.07) is 16.7. The lowest BCUT2D eigenvalue weighted by Crippen LogP contribution is -2.39. The van der Waals surface area contributed by atoms with E-state index >= 15 is 0 Å². The van der Waals surface area contributed by atoms with Gasteiger partial charge in [-0.3, -0.25) is 14.5 Å². The van der Waals surface area contributed by atoms with E-state index < -0.39 is 0 Å². The number of hydrogen-bond donors (Lipinski definition) is 2. The van der Waals surface area contributed by atoms with Gasteiger partial charge >= 0.3 is 0 Å². The number of carbonyl (C=O) groups is 2. The number of rotatable bonds is 9. The van der Waals surface area contributed by atoms with Gasteiger partial charge in [-0.25, -0.2) is 0 Å². The lowest BCUT2D eigenvalue weighted by atomic mass is 10.1. The molecule has 0 saturated carbocycles. The maximum atomic E-state index is 12.9. The summed E-state index contributed by atoms with van der Waals surface area (Å²) < 4.78 is 5.36. The molecular weight excluding hydrogens is 410 g/mol. The van der Waals surface area contributed by atoms with Crippen molar-refractivity contribution in [1.82, 2.24) is 15.5 Å².